The van der Waals surface area contributed by atoms with Gasteiger partial charge in [-0.3, -0.25) is 4.79 Å². The molecule has 2 unspecified atom stereocenters. The summed E-state index contributed by atoms with van der Waals surface area (Å²) in [4.78, 5) is 14.0. The zero-order valence-corrected chi connectivity index (χ0v) is 18.6. The minimum atomic E-state index is 0.290. The van der Waals surface area contributed by atoms with Crippen LogP contribution < -0.4 is 5.32 Å². The SMILES string of the molecule is CC(N[C@H]1CCC[C@H](C2C=CC(N3CCCC3=O)=CC2)C1)c1cccc2ccccc12. The van der Waals surface area contributed by atoms with E-state index in [2.05, 4.69) is 72.9 Å². The molecule has 1 heterocycles. The van der Waals surface area contributed by atoms with Crippen molar-refractivity contribution in [1.82, 2.24) is 10.2 Å². The van der Waals surface area contributed by atoms with Crippen LogP contribution in [0.3, 0.4) is 0 Å². The summed E-state index contributed by atoms with van der Waals surface area (Å²) in [5, 5.41) is 6.65. The lowest BCUT2D eigenvalue weighted by molar-refractivity contribution is -0.125. The first-order valence-corrected chi connectivity index (χ1v) is 12.1. The van der Waals surface area contributed by atoms with Crippen molar-refractivity contribution in [3.63, 3.8) is 0 Å². The van der Waals surface area contributed by atoms with Crippen molar-refractivity contribution in [2.75, 3.05) is 6.54 Å². The topological polar surface area (TPSA) is 32.3 Å². The fraction of sp³-hybridized carbons (Fsp3) is 0.464. The molecule has 5 rings (SSSR count). The summed E-state index contributed by atoms with van der Waals surface area (Å²) in [6.07, 6.45) is 14.8. The molecule has 1 aliphatic heterocycles. The molecule has 0 spiro atoms. The van der Waals surface area contributed by atoms with Crippen LogP contribution in [0.4, 0.5) is 0 Å². The number of fused-ring (bicyclic) bond motifs is 1. The predicted octanol–water partition coefficient (Wildman–Crippen LogP) is 6.13. The molecule has 3 heteroatoms. The molecule has 4 atom stereocenters. The van der Waals surface area contributed by atoms with Crippen molar-refractivity contribution in [1.29, 1.82) is 0 Å². The summed E-state index contributed by atoms with van der Waals surface area (Å²) in [6, 6.07) is 16.3. The lowest BCUT2D eigenvalue weighted by Crippen LogP contribution is -2.37. The van der Waals surface area contributed by atoms with Crippen LogP contribution in [0.2, 0.25) is 0 Å². The summed E-state index contributed by atoms with van der Waals surface area (Å²) in [5.74, 6) is 1.63. The second-order valence-corrected chi connectivity index (χ2v) is 9.62. The third kappa shape index (κ3) is 4.34. The summed E-state index contributed by atoms with van der Waals surface area (Å²) in [5.41, 5.74) is 2.54. The van der Waals surface area contributed by atoms with Crippen LogP contribution in [-0.2, 0) is 4.79 Å². The zero-order chi connectivity index (χ0) is 21.2. The van der Waals surface area contributed by atoms with Gasteiger partial charge in [0.1, 0.15) is 0 Å². The second-order valence-electron chi connectivity index (χ2n) is 9.62. The number of likely N-dealkylation sites (tertiary alicyclic amines) is 1. The van der Waals surface area contributed by atoms with Crippen LogP contribution in [0.15, 0.2) is 66.4 Å². The van der Waals surface area contributed by atoms with Gasteiger partial charge in [0.05, 0.1) is 0 Å². The summed E-state index contributed by atoms with van der Waals surface area (Å²) in [7, 11) is 0. The maximum absolute atomic E-state index is 12.0. The third-order valence-electron chi connectivity index (χ3n) is 7.59. The number of nitrogens with zero attached hydrogens (tertiary/aromatic N) is 1. The Kier molecular flexibility index (Phi) is 5.95. The quantitative estimate of drug-likeness (QED) is 0.638. The van der Waals surface area contributed by atoms with Gasteiger partial charge in [-0.1, -0.05) is 61.0 Å². The highest BCUT2D eigenvalue weighted by Crippen LogP contribution is 2.37. The van der Waals surface area contributed by atoms with Crippen LogP contribution in [0, 0.1) is 11.8 Å². The van der Waals surface area contributed by atoms with E-state index in [-0.39, 0.29) is 0 Å². The minimum absolute atomic E-state index is 0.290. The molecule has 1 saturated carbocycles. The molecule has 2 fully saturated rings. The predicted molar refractivity (Wildman–Crippen MR) is 128 cm³/mol. The Balaban J connectivity index is 1.21. The molecule has 1 saturated heterocycles. The first-order chi connectivity index (χ1) is 15.2. The number of amides is 1. The number of nitrogens with one attached hydrogen (secondary N) is 1. The molecular weight excluding hydrogens is 380 g/mol. The van der Waals surface area contributed by atoms with E-state index in [4.69, 9.17) is 0 Å². The Morgan fingerprint density at radius 2 is 1.94 bits per heavy atom. The molecule has 0 aromatic heterocycles. The van der Waals surface area contributed by atoms with Crippen LogP contribution in [-0.4, -0.2) is 23.4 Å². The molecule has 3 aliphatic rings. The van der Waals surface area contributed by atoms with Crippen molar-refractivity contribution in [3.8, 4) is 0 Å². The molecule has 1 amide bonds. The van der Waals surface area contributed by atoms with Gasteiger partial charge in [-0.25, -0.2) is 0 Å². The molecule has 3 nitrogen and oxygen atoms in total. The first kappa shape index (κ1) is 20.5. The maximum Gasteiger partial charge on any atom is 0.227 e. The lowest BCUT2D eigenvalue weighted by atomic mass is 9.75. The molecule has 2 aromatic carbocycles. The van der Waals surface area contributed by atoms with Crippen molar-refractivity contribution in [2.24, 2.45) is 11.8 Å². The summed E-state index contributed by atoms with van der Waals surface area (Å²) < 4.78 is 0. The van der Waals surface area contributed by atoms with Gasteiger partial charge in [0.15, 0.2) is 0 Å². The Morgan fingerprint density at radius 3 is 2.74 bits per heavy atom. The van der Waals surface area contributed by atoms with Crippen molar-refractivity contribution >= 4 is 16.7 Å². The van der Waals surface area contributed by atoms with Gasteiger partial charge >= 0.3 is 0 Å². The maximum atomic E-state index is 12.0. The van der Waals surface area contributed by atoms with Crippen LogP contribution in [0.25, 0.3) is 10.8 Å². The molecule has 162 valence electrons. The van der Waals surface area contributed by atoms with Crippen molar-refractivity contribution in [3.05, 3.63) is 72.0 Å². The molecular formula is C28H34N2O. The summed E-state index contributed by atoms with van der Waals surface area (Å²) in [6.45, 7) is 3.20. The largest absolute Gasteiger partial charge is 0.313 e. The fourth-order valence-electron chi connectivity index (χ4n) is 5.94. The minimum Gasteiger partial charge on any atom is -0.313 e. The van der Waals surface area contributed by atoms with E-state index in [1.165, 1.54) is 42.0 Å². The Bertz CT molecular complexity index is 1000. The lowest BCUT2D eigenvalue weighted by Gasteiger charge is -2.36. The van der Waals surface area contributed by atoms with Crippen LogP contribution >= 0.6 is 0 Å². The Morgan fingerprint density at radius 1 is 1.06 bits per heavy atom. The highest BCUT2D eigenvalue weighted by atomic mass is 16.2. The molecule has 0 radical (unpaired) electrons. The molecule has 31 heavy (non-hydrogen) atoms. The van der Waals surface area contributed by atoms with E-state index in [0.29, 0.717) is 30.3 Å². The van der Waals surface area contributed by atoms with Gasteiger partial charge in [-0.2, -0.15) is 0 Å². The van der Waals surface area contributed by atoms with Crippen LogP contribution in [0.5, 0.6) is 0 Å². The highest BCUT2D eigenvalue weighted by molar-refractivity contribution is 5.86. The van der Waals surface area contributed by atoms with Gasteiger partial charge in [0, 0.05) is 30.7 Å². The molecule has 2 aromatic rings. The van der Waals surface area contributed by atoms with E-state index in [0.717, 1.165) is 31.0 Å². The average Bonchev–Trinajstić information content (AvgIpc) is 3.25. The normalized spacial score (nSPS) is 27.5. The number of hydrogen-bond acceptors (Lipinski definition) is 2. The Labute approximate surface area is 186 Å². The fourth-order valence-corrected chi connectivity index (χ4v) is 5.94. The van der Waals surface area contributed by atoms with E-state index < -0.39 is 0 Å². The first-order valence-electron chi connectivity index (χ1n) is 12.1. The van der Waals surface area contributed by atoms with E-state index in [1.807, 2.05) is 4.90 Å². The Hall–Kier alpha value is -2.39. The van der Waals surface area contributed by atoms with E-state index >= 15 is 0 Å². The summed E-state index contributed by atoms with van der Waals surface area (Å²) >= 11 is 0. The van der Waals surface area contributed by atoms with E-state index in [1.54, 1.807) is 0 Å². The number of carbonyl (C=O) groups excluding carboxylic acids is 1. The van der Waals surface area contributed by atoms with Crippen molar-refractivity contribution < 1.29 is 4.79 Å². The smallest absolute Gasteiger partial charge is 0.227 e. The number of hydrogen-bond donors (Lipinski definition) is 1. The van der Waals surface area contributed by atoms with Gasteiger partial charge in [0.2, 0.25) is 5.91 Å². The van der Waals surface area contributed by atoms with Gasteiger partial charge in [0.25, 0.3) is 0 Å². The van der Waals surface area contributed by atoms with E-state index in [9.17, 15) is 4.79 Å². The second kappa shape index (κ2) is 9.00. The number of carbonyl (C=O) groups is 1. The van der Waals surface area contributed by atoms with Gasteiger partial charge < -0.3 is 10.2 Å². The number of rotatable bonds is 5. The number of allylic oxidation sites excluding steroid dienone is 3. The monoisotopic (exact) mass is 414 g/mol. The van der Waals surface area contributed by atoms with Crippen LogP contribution in [0.1, 0.15) is 63.5 Å². The highest BCUT2D eigenvalue weighted by Gasteiger charge is 2.30. The van der Waals surface area contributed by atoms with Gasteiger partial charge in [-0.05, 0) is 73.3 Å². The average molecular weight is 415 g/mol. The molecule has 2 aliphatic carbocycles. The van der Waals surface area contributed by atoms with Gasteiger partial charge in [-0.15, -0.1) is 0 Å². The molecule has 1 N–H and O–H groups in total. The van der Waals surface area contributed by atoms with Crippen molar-refractivity contribution in [2.45, 2.75) is 64.0 Å². The standard InChI is InChI=1S/C28H34N2O/c1-20(26-12-5-8-22-7-2-3-11-27(22)26)29-24-10-4-9-23(19-24)21-14-16-25(17-15-21)30-18-6-13-28(30)31/h2-3,5,7-8,11-12,14,16-17,20-21,23-24,29H,4,6,9-10,13,15,18-19H2,1H3/t20?,21?,23-,24-/m0/s1. The zero-order valence-electron chi connectivity index (χ0n) is 18.6. The number of benzene rings is 2. The molecule has 0 bridgehead atoms. The third-order valence-corrected chi connectivity index (χ3v) is 7.59.